The minimum atomic E-state index is -0.801. The third kappa shape index (κ3) is 4.57. The summed E-state index contributed by atoms with van der Waals surface area (Å²) in [6, 6.07) is 10.1. The van der Waals surface area contributed by atoms with E-state index in [4.69, 9.17) is 0 Å². The largest absolute Gasteiger partial charge is 0.481 e. The summed E-state index contributed by atoms with van der Waals surface area (Å²) in [6.07, 6.45) is 4.48. The lowest BCUT2D eigenvalue weighted by Crippen LogP contribution is -2.55. The van der Waals surface area contributed by atoms with E-state index >= 15 is 0 Å². The first-order valence-corrected chi connectivity index (χ1v) is 8.51. The first-order valence-electron chi connectivity index (χ1n) is 8.51. The highest BCUT2D eigenvalue weighted by molar-refractivity contribution is 5.79. The van der Waals surface area contributed by atoms with Crippen molar-refractivity contribution in [2.75, 3.05) is 0 Å². The SMILES string of the molecule is CC(CCC(=O)NC1(C)CCCCC1C(=O)O)c1ccccc1. The number of nitrogens with one attached hydrogen (secondary N) is 1. The molecular weight excluding hydrogens is 290 g/mol. The van der Waals surface area contributed by atoms with E-state index in [1.165, 1.54) is 5.56 Å². The molecule has 3 atom stereocenters. The Bertz CT molecular complexity index is 543. The lowest BCUT2D eigenvalue weighted by atomic mass is 9.74. The van der Waals surface area contributed by atoms with Gasteiger partial charge in [-0.15, -0.1) is 0 Å². The monoisotopic (exact) mass is 317 g/mol. The van der Waals surface area contributed by atoms with E-state index in [-0.39, 0.29) is 5.91 Å². The number of rotatable bonds is 6. The lowest BCUT2D eigenvalue weighted by molar-refractivity contribution is -0.146. The van der Waals surface area contributed by atoms with Gasteiger partial charge in [0.25, 0.3) is 0 Å². The summed E-state index contributed by atoms with van der Waals surface area (Å²) in [4.78, 5) is 23.8. The van der Waals surface area contributed by atoms with Gasteiger partial charge in [0.2, 0.25) is 5.91 Å². The van der Waals surface area contributed by atoms with Crippen molar-refractivity contribution in [2.45, 2.75) is 63.8 Å². The standard InChI is InChI=1S/C19H27NO3/c1-14(15-8-4-3-5-9-15)11-12-17(21)20-19(2)13-7-6-10-16(19)18(22)23/h3-5,8-9,14,16H,6-7,10-13H2,1-2H3,(H,20,21)(H,22,23). The van der Waals surface area contributed by atoms with Gasteiger partial charge in [-0.25, -0.2) is 0 Å². The number of amides is 1. The number of benzene rings is 1. The fourth-order valence-electron chi connectivity index (χ4n) is 3.56. The normalized spacial score (nSPS) is 25.6. The molecule has 1 aliphatic rings. The van der Waals surface area contributed by atoms with Crippen LogP contribution in [-0.2, 0) is 9.59 Å². The van der Waals surface area contributed by atoms with E-state index in [9.17, 15) is 14.7 Å². The highest BCUT2D eigenvalue weighted by Crippen LogP contribution is 2.34. The van der Waals surface area contributed by atoms with Gasteiger partial charge in [0.1, 0.15) is 0 Å². The summed E-state index contributed by atoms with van der Waals surface area (Å²) >= 11 is 0. The molecule has 0 heterocycles. The molecule has 0 spiro atoms. The third-order valence-corrected chi connectivity index (χ3v) is 5.10. The van der Waals surface area contributed by atoms with E-state index in [0.29, 0.717) is 18.8 Å². The molecule has 0 radical (unpaired) electrons. The van der Waals surface area contributed by atoms with Crippen molar-refractivity contribution in [2.24, 2.45) is 5.92 Å². The van der Waals surface area contributed by atoms with Crippen LogP contribution in [-0.4, -0.2) is 22.5 Å². The van der Waals surface area contributed by atoms with Crippen molar-refractivity contribution in [3.8, 4) is 0 Å². The summed E-state index contributed by atoms with van der Waals surface area (Å²) in [6.45, 7) is 3.99. The second kappa shape index (κ2) is 7.62. The zero-order chi connectivity index (χ0) is 16.9. The average Bonchev–Trinajstić information content (AvgIpc) is 2.53. The molecule has 1 saturated carbocycles. The minimum absolute atomic E-state index is 0.0385. The van der Waals surface area contributed by atoms with E-state index in [1.807, 2.05) is 25.1 Å². The Hall–Kier alpha value is -1.84. The van der Waals surface area contributed by atoms with Crippen molar-refractivity contribution in [3.05, 3.63) is 35.9 Å². The van der Waals surface area contributed by atoms with Crippen LogP contribution < -0.4 is 5.32 Å². The molecule has 3 unspecified atom stereocenters. The Labute approximate surface area is 138 Å². The summed E-state index contributed by atoms with van der Waals surface area (Å²) in [5, 5.41) is 12.4. The van der Waals surface area contributed by atoms with Crippen LogP contribution >= 0.6 is 0 Å². The van der Waals surface area contributed by atoms with E-state index in [1.54, 1.807) is 0 Å². The lowest BCUT2D eigenvalue weighted by Gasteiger charge is -2.40. The number of carbonyl (C=O) groups excluding carboxylic acids is 1. The molecule has 1 aliphatic carbocycles. The summed E-state index contributed by atoms with van der Waals surface area (Å²) in [7, 11) is 0. The predicted molar refractivity (Wildman–Crippen MR) is 90.2 cm³/mol. The van der Waals surface area contributed by atoms with E-state index < -0.39 is 17.4 Å². The Balaban J connectivity index is 1.89. The topological polar surface area (TPSA) is 66.4 Å². The Morgan fingerprint density at radius 3 is 2.65 bits per heavy atom. The zero-order valence-corrected chi connectivity index (χ0v) is 14.0. The molecule has 4 nitrogen and oxygen atoms in total. The fraction of sp³-hybridized carbons (Fsp3) is 0.579. The van der Waals surface area contributed by atoms with Gasteiger partial charge >= 0.3 is 5.97 Å². The average molecular weight is 317 g/mol. The van der Waals surface area contributed by atoms with Gasteiger partial charge in [0.15, 0.2) is 0 Å². The summed E-state index contributed by atoms with van der Waals surface area (Å²) < 4.78 is 0. The second-order valence-corrected chi connectivity index (χ2v) is 6.95. The second-order valence-electron chi connectivity index (χ2n) is 6.95. The van der Waals surface area contributed by atoms with Gasteiger partial charge in [-0.05, 0) is 37.7 Å². The molecule has 0 bridgehead atoms. The Morgan fingerprint density at radius 1 is 1.30 bits per heavy atom. The molecule has 4 heteroatoms. The molecule has 1 fully saturated rings. The highest BCUT2D eigenvalue weighted by atomic mass is 16.4. The number of carboxylic acid groups (broad SMARTS) is 1. The number of hydrogen-bond acceptors (Lipinski definition) is 2. The van der Waals surface area contributed by atoms with Gasteiger partial charge in [0, 0.05) is 6.42 Å². The Morgan fingerprint density at radius 2 is 2.00 bits per heavy atom. The van der Waals surface area contributed by atoms with Crippen molar-refractivity contribution >= 4 is 11.9 Å². The number of aliphatic carboxylic acids is 1. The van der Waals surface area contributed by atoms with Crippen LogP contribution in [0.3, 0.4) is 0 Å². The molecule has 1 amide bonds. The van der Waals surface area contributed by atoms with Crippen LogP contribution in [0.1, 0.15) is 63.9 Å². The van der Waals surface area contributed by atoms with Crippen LogP contribution in [0.5, 0.6) is 0 Å². The third-order valence-electron chi connectivity index (χ3n) is 5.10. The van der Waals surface area contributed by atoms with Crippen molar-refractivity contribution in [1.82, 2.24) is 5.32 Å². The maximum absolute atomic E-state index is 12.3. The van der Waals surface area contributed by atoms with Crippen LogP contribution in [0.4, 0.5) is 0 Å². The predicted octanol–water partition coefficient (Wildman–Crippen LogP) is 3.72. The number of carbonyl (C=O) groups is 2. The molecule has 2 N–H and O–H groups in total. The minimum Gasteiger partial charge on any atom is -0.481 e. The van der Waals surface area contributed by atoms with Gasteiger partial charge in [-0.3, -0.25) is 9.59 Å². The molecule has 2 rings (SSSR count). The summed E-state index contributed by atoms with van der Waals surface area (Å²) in [5.41, 5.74) is 0.615. The molecule has 1 aromatic rings. The maximum Gasteiger partial charge on any atom is 0.308 e. The fourth-order valence-corrected chi connectivity index (χ4v) is 3.56. The van der Waals surface area contributed by atoms with Crippen molar-refractivity contribution in [1.29, 1.82) is 0 Å². The number of hydrogen-bond donors (Lipinski definition) is 2. The quantitative estimate of drug-likeness (QED) is 0.840. The molecule has 23 heavy (non-hydrogen) atoms. The first kappa shape index (κ1) is 17.5. The highest BCUT2D eigenvalue weighted by Gasteiger charge is 2.42. The summed E-state index contributed by atoms with van der Waals surface area (Å²) in [5.74, 6) is -1.00. The molecule has 0 aromatic heterocycles. The smallest absolute Gasteiger partial charge is 0.308 e. The van der Waals surface area contributed by atoms with Gasteiger partial charge in [-0.1, -0.05) is 50.1 Å². The first-order chi connectivity index (χ1) is 10.9. The zero-order valence-electron chi connectivity index (χ0n) is 14.0. The number of carboxylic acids is 1. The van der Waals surface area contributed by atoms with Gasteiger partial charge < -0.3 is 10.4 Å². The molecule has 0 saturated heterocycles. The maximum atomic E-state index is 12.3. The molecular formula is C19H27NO3. The molecule has 126 valence electrons. The molecule has 1 aromatic carbocycles. The van der Waals surface area contributed by atoms with E-state index in [0.717, 1.165) is 25.7 Å². The molecule has 0 aliphatic heterocycles. The Kier molecular flexibility index (Phi) is 5.80. The van der Waals surface area contributed by atoms with Crippen molar-refractivity contribution in [3.63, 3.8) is 0 Å². The van der Waals surface area contributed by atoms with Crippen LogP contribution in [0.25, 0.3) is 0 Å². The van der Waals surface area contributed by atoms with E-state index in [2.05, 4.69) is 24.4 Å². The van der Waals surface area contributed by atoms with Gasteiger partial charge in [0.05, 0.1) is 11.5 Å². The van der Waals surface area contributed by atoms with Crippen molar-refractivity contribution < 1.29 is 14.7 Å². The van der Waals surface area contributed by atoms with Crippen LogP contribution in [0.15, 0.2) is 30.3 Å². The van der Waals surface area contributed by atoms with Gasteiger partial charge in [-0.2, -0.15) is 0 Å². The van der Waals surface area contributed by atoms with Crippen LogP contribution in [0, 0.1) is 5.92 Å². The van der Waals surface area contributed by atoms with Crippen LogP contribution in [0.2, 0.25) is 0 Å².